The van der Waals surface area contributed by atoms with Gasteiger partial charge in [-0.2, -0.15) is 0 Å². The SMILES string of the molecule is c1ccc(-c2c3ccccc3c(-c3ccc(-c4cccc5ccc6[nH]c7ccc8ccccc8c7c6c45)cc3)c3ccccc23)cc1. The Morgan fingerprint density at radius 3 is 1.43 bits per heavy atom. The number of hydrogen-bond acceptors (Lipinski definition) is 0. The van der Waals surface area contributed by atoms with Gasteiger partial charge < -0.3 is 4.98 Å². The lowest BCUT2D eigenvalue weighted by atomic mass is 9.85. The molecule has 1 heterocycles. The molecule has 0 aliphatic heterocycles. The largest absolute Gasteiger partial charge is 0.354 e. The molecule has 0 saturated carbocycles. The van der Waals surface area contributed by atoms with E-state index in [1.807, 2.05) is 0 Å². The van der Waals surface area contributed by atoms with Gasteiger partial charge in [0, 0.05) is 21.8 Å². The van der Waals surface area contributed by atoms with Gasteiger partial charge in [0.2, 0.25) is 0 Å². The fraction of sp³-hybridized carbons (Fsp3) is 0. The highest BCUT2D eigenvalue weighted by Crippen LogP contribution is 2.45. The Labute approximate surface area is 272 Å². The van der Waals surface area contributed by atoms with Gasteiger partial charge in [0.05, 0.1) is 0 Å². The maximum absolute atomic E-state index is 3.72. The maximum Gasteiger partial charge on any atom is 0.0471 e. The lowest BCUT2D eigenvalue weighted by Crippen LogP contribution is -1.91. The molecular formula is C46H29N. The molecule has 0 radical (unpaired) electrons. The summed E-state index contributed by atoms with van der Waals surface area (Å²) in [6, 6.07) is 62.1. The van der Waals surface area contributed by atoms with Gasteiger partial charge in [-0.1, -0.05) is 158 Å². The van der Waals surface area contributed by atoms with Crippen molar-refractivity contribution in [2.24, 2.45) is 0 Å². The van der Waals surface area contributed by atoms with E-state index in [2.05, 4.69) is 175 Å². The predicted molar refractivity (Wildman–Crippen MR) is 202 cm³/mol. The van der Waals surface area contributed by atoms with Crippen LogP contribution in [0.1, 0.15) is 0 Å². The van der Waals surface area contributed by atoms with E-state index in [1.165, 1.54) is 98.3 Å². The third-order valence-corrected chi connectivity index (χ3v) is 9.97. The van der Waals surface area contributed by atoms with Gasteiger partial charge in [0.25, 0.3) is 0 Å². The monoisotopic (exact) mass is 595 g/mol. The van der Waals surface area contributed by atoms with E-state index in [-0.39, 0.29) is 0 Å². The maximum atomic E-state index is 3.72. The summed E-state index contributed by atoms with van der Waals surface area (Å²) in [6.07, 6.45) is 0. The van der Waals surface area contributed by atoms with Crippen LogP contribution in [-0.2, 0) is 0 Å². The molecule has 0 spiro atoms. The molecule has 0 saturated heterocycles. The number of fused-ring (bicyclic) bond motifs is 9. The van der Waals surface area contributed by atoms with Gasteiger partial charge >= 0.3 is 0 Å². The third kappa shape index (κ3) is 3.90. The van der Waals surface area contributed by atoms with Crippen molar-refractivity contribution in [2.75, 3.05) is 0 Å². The van der Waals surface area contributed by atoms with E-state index in [9.17, 15) is 0 Å². The first kappa shape index (κ1) is 26.1. The van der Waals surface area contributed by atoms with Crippen molar-refractivity contribution in [3.63, 3.8) is 0 Å². The normalized spacial score (nSPS) is 11.8. The molecule has 0 aliphatic rings. The molecule has 0 aliphatic carbocycles. The molecule has 10 rings (SSSR count). The van der Waals surface area contributed by atoms with E-state index >= 15 is 0 Å². The highest BCUT2D eigenvalue weighted by Gasteiger charge is 2.18. The van der Waals surface area contributed by atoms with Gasteiger partial charge in [-0.15, -0.1) is 0 Å². The summed E-state index contributed by atoms with van der Waals surface area (Å²) in [5, 5.41) is 12.8. The molecule has 0 fully saturated rings. The minimum atomic E-state index is 1.17. The fourth-order valence-electron chi connectivity index (χ4n) is 7.95. The van der Waals surface area contributed by atoms with Crippen LogP contribution in [0.3, 0.4) is 0 Å². The highest BCUT2D eigenvalue weighted by atomic mass is 14.7. The standard InChI is InChI=1S/C46H29N/c1-2-12-31(13-3-1)42-36-16-6-8-18-38(36)43(39-19-9-7-17-37(39)42)33-23-21-30(22-24-33)34-20-10-14-32-26-28-41-46(44(32)34)45-35-15-5-4-11-29(35)25-27-40(45)47-41/h1-28,47H. The predicted octanol–water partition coefficient (Wildman–Crippen LogP) is 12.9. The summed E-state index contributed by atoms with van der Waals surface area (Å²) < 4.78 is 0. The zero-order valence-corrected chi connectivity index (χ0v) is 25.7. The Hall–Kier alpha value is -6.18. The molecule has 10 aromatic rings. The fourth-order valence-corrected chi connectivity index (χ4v) is 7.95. The highest BCUT2D eigenvalue weighted by molar-refractivity contribution is 6.30. The first-order chi connectivity index (χ1) is 23.3. The van der Waals surface area contributed by atoms with Gasteiger partial charge in [0.15, 0.2) is 0 Å². The van der Waals surface area contributed by atoms with Crippen molar-refractivity contribution < 1.29 is 0 Å². The van der Waals surface area contributed by atoms with Crippen molar-refractivity contribution in [3.8, 4) is 33.4 Å². The van der Waals surface area contributed by atoms with Gasteiger partial charge in [0.1, 0.15) is 0 Å². The van der Waals surface area contributed by atoms with Gasteiger partial charge in [-0.05, 0) is 88.6 Å². The van der Waals surface area contributed by atoms with Crippen LogP contribution in [0.4, 0.5) is 0 Å². The zero-order chi connectivity index (χ0) is 30.9. The number of benzene rings is 9. The van der Waals surface area contributed by atoms with Crippen LogP contribution in [0.5, 0.6) is 0 Å². The Kier molecular flexibility index (Phi) is 5.64. The van der Waals surface area contributed by atoms with Crippen LogP contribution < -0.4 is 0 Å². The number of H-pyrrole nitrogens is 1. The van der Waals surface area contributed by atoms with Crippen molar-refractivity contribution in [3.05, 3.63) is 170 Å². The van der Waals surface area contributed by atoms with E-state index < -0.39 is 0 Å². The Morgan fingerprint density at radius 2 is 0.766 bits per heavy atom. The zero-order valence-electron chi connectivity index (χ0n) is 25.7. The van der Waals surface area contributed by atoms with E-state index in [0.29, 0.717) is 0 Å². The van der Waals surface area contributed by atoms with Crippen molar-refractivity contribution >= 4 is 64.9 Å². The van der Waals surface area contributed by atoms with Crippen LogP contribution in [-0.4, -0.2) is 4.98 Å². The molecule has 1 N–H and O–H groups in total. The summed E-state index contributed by atoms with van der Waals surface area (Å²) in [5.74, 6) is 0. The Morgan fingerprint density at radius 1 is 0.277 bits per heavy atom. The molecule has 0 atom stereocenters. The quantitative estimate of drug-likeness (QED) is 0.196. The average molecular weight is 596 g/mol. The van der Waals surface area contributed by atoms with E-state index in [4.69, 9.17) is 0 Å². The smallest absolute Gasteiger partial charge is 0.0471 e. The Bertz CT molecular complexity index is 2760. The molecule has 9 aromatic carbocycles. The van der Waals surface area contributed by atoms with E-state index in [1.54, 1.807) is 0 Å². The lowest BCUT2D eigenvalue weighted by molar-refractivity contribution is 1.56. The number of aromatic amines is 1. The molecular weight excluding hydrogens is 567 g/mol. The second-order valence-corrected chi connectivity index (χ2v) is 12.5. The van der Waals surface area contributed by atoms with E-state index in [0.717, 1.165) is 0 Å². The van der Waals surface area contributed by atoms with Gasteiger partial charge in [-0.25, -0.2) is 0 Å². The average Bonchev–Trinajstić information content (AvgIpc) is 3.54. The second-order valence-electron chi connectivity index (χ2n) is 12.5. The molecule has 0 unspecified atom stereocenters. The lowest BCUT2D eigenvalue weighted by Gasteiger charge is -2.18. The third-order valence-electron chi connectivity index (χ3n) is 9.97. The second kappa shape index (κ2) is 10.2. The number of hydrogen-bond donors (Lipinski definition) is 1. The van der Waals surface area contributed by atoms with Gasteiger partial charge in [-0.3, -0.25) is 0 Å². The van der Waals surface area contributed by atoms with Crippen LogP contribution in [0, 0.1) is 0 Å². The molecule has 218 valence electrons. The summed E-state index contributed by atoms with van der Waals surface area (Å²) in [5.41, 5.74) is 9.87. The molecule has 0 amide bonds. The molecule has 0 bridgehead atoms. The summed E-state index contributed by atoms with van der Waals surface area (Å²) in [4.78, 5) is 3.72. The number of aromatic nitrogens is 1. The molecule has 1 aromatic heterocycles. The minimum Gasteiger partial charge on any atom is -0.354 e. The summed E-state index contributed by atoms with van der Waals surface area (Å²) >= 11 is 0. The summed E-state index contributed by atoms with van der Waals surface area (Å²) in [6.45, 7) is 0. The van der Waals surface area contributed by atoms with Crippen molar-refractivity contribution in [1.29, 1.82) is 0 Å². The molecule has 1 heteroatoms. The van der Waals surface area contributed by atoms with Crippen molar-refractivity contribution in [2.45, 2.75) is 0 Å². The minimum absolute atomic E-state index is 1.17. The molecule has 1 nitrogen and oxygen atoms in total. The van der Waals surface area contributed by atoms with Crippen molar-refractivity contribution in [1.82, 2.24) is 4.98 Å². The van der Waals surface area contributed by atoms with Crippen LogP contribution >= 0.6 is 0 Å². The number of rotatable bonds is 3. The first-order valence-electron chi connectivity index (χ1n) is 16.3. The van der Waals surface area contributed by atoms with Crippen LogP contribution in [0.25, 0.3) is 98.3 Å². The summed E-state index contributed by atoms with van der Waals surface area (Å²) in [7, 11) is 0. The topological polar surface area (TPSA) is 15.8 Å². The van der Waals surface area contributed by atoms with Crippen LogP contribution in [0.15, 0.2) is 170 Å². The number of nitrogens with one attached hydrogen (secondary N) is 1. The molecule has 47 heavy (non-hydrogen) atoms. The van der Waals surface area contributed by atoms with Crippen LogP contribution in [0.2, 0.25) is 0 Å². The first-order valence-corrected chi connectivity index (χ1v) is 16.3. The Balaban J connectivity index is 1.21.